The van der Waals surface area contributed by atoms with Crippen LogP contribution in [0.25, 0.3) is 0 Å². The first kappa shape index (κ1) is 9.85. The summed E-state index contributed by atoms with van der Waals surface area (Å²) in [6.45, 7) is 7.40. The Balaban J connectivity index is 2.75. The Morgan fingerprint density at radius 3 is 2.69 bits per heavy atom. The second kappa shape index (κ2) is 4.13. The fourth-order valence-corrected chi connectivity index (χ4v) is 1.33. The quantitative estimate of drug-likeness (QED) is 0.696. The van der Waals surface area contributed by atoms with Crippen molar-refractivity contribution in [3.63, 3.8) is 0 Å². The largest absolute Gasteiger partial charge is 0.352 e. The number of nitrogens with zero attached hydrogens (tertiary/aromatic N) is 2. The lowest BCUT2D eigenvalue weighted by Gasteiger charge is -2.08. The molecule has 0 fully saturated rings. The molecule has 1 heterocycles. The Hall–Kier alpha value is -1.23. The monoisotopic (exact) mass is 176 g/mol. The Bertz CT molecular complexity index is 317. The summed E-state index contributed by atoms with van der Waals surface area (Å²) in [6, 6.07) is 2.19. The molecule has 1 atom stereocenters. The van der Waals surface area contributed by atoms with E-state index in [2.05, 4.69) is 24.5 Å². The van der Waals surface area contributed by atoms with Crippen molar-refractivity contribution in [1.29, 1.82) is 5.26 Å². The minimum absolute atomic E-state index is 0.679. The second-order valence-corrected chi connectivity index (χ2v) is 3.68. The van der Waals surface area contributed by atoms with Crippen molar-refractivity contribution in [2.24, 2.45) is 5.92 Å². The summed E-state index contributed by atoms with van der Waals surface area (Å²) in [4.78, 5) is 0. The molecule has 0 saturated heterocycles. The fraction of sp³-hybridized carbons (Fsp3) is 0.545. The average Bonchev–Trinajstić information content (AvgIpc) is 2.46. The molecule has 0 radical (unpaired) electrons. The van der Waals surface area contributed by atoms with Crippen LogP contribution in [0, 0.1) is 24.2 Å². The van der Waals surface area contributed by atoms with Crippen molar-refractivity contribution in [2.75, 3.05) is 0 Å². The fourth-order valence-electron chi connectivity index (χ4n) is 1.33. The second-order valence-electron chi connectivity index (χ2n) is 3.68. The predicted octanol–water partition coefficient (Wildman–Crippen LogP) is 2.71. The molecule has 0 aromatic carbocycles. The molecular formula is C11H16N2. The summed E-state index contributed by atoms with van der Waals surface area (Å²) in [7, 11) is 0. The van der Waals surface area contributed by atoms with Gasteiger partial charge in [-0.25, -0.2) is 0 Å². The molecule has 70 valence electrons. The molecule has 0 aliphatic carbocycles. The summed E-state index contributed by atoms with van der Waals surface area (Å²) in [5.74, 6) is 0.679. The van der Waals surface area contributed by atoms with Gasteiger partial charge in [-0.1, -0.05) is 20.3 Å². The zero-order valence-corrected chi connectivity index (χ0v) is 8.54. The van der Waals surface area contributed by atoms with Crippen LogP contribution in [-0.2, 0) is 6.54 Å². The molecule has 0 saturated carbocycles. The van der Waals surface area contributed by atoms with E-state index in [0.717, 1.165) is 17.7 Å². The highest BCUT2D eigenvalue weighted by atomic mass is 14.9. The first-order chi connectivity index (χ1) is 6.17. The van der Waals surface area contributed by atoms with Gasteiger partial charge in [-0.05, 0) is 18.4 Å². The van der Waals surface area contributed by atoms with Crippen LogP contribution in [-0.4, -0.2) is 4.57 Å². The van der Waals surface area contributed by atoms with E-state index < -0.39 is 0 Å². The smallest absolute Gasteiger partial charge is 0.101 e. The van der Waals surface area contributed by atoms with Crippen molar-refractivity contribution in [1.82, 2.24) is 4.57 Å². The highest BCUT2D eigenvalue weighted by molar-refractivity contribution is 5.34. The summed E-state index contributed by atoms with van der Waals surface area (Å²) < 4.78 is 2.11. The van der Waals surface area contributed by atoms with Gasteiger partial charge in [0.25, 0.3) is 0 Å². The normalized spacial score (nSPS) is 12.5. The molecule has 1 aromatic heterocycles. The van der Waals surface area contributed by atoms with Gasteiger partial charge in [-0.15, -0.1) is 0 Å². The summed E-state index contributed by atoms with van der Waals surface area (Å²) in [5.41, 5.74) is 1.87. The Kier molecular flexibility index (Phi) is 3.13. The maximum Gasteiger partial charge on any atom is 0.101 e. The topological polar surface area (TPSA) is 28.7 Å². The number of hydrogen-bond acceptors (Lipinski definition) is 1. The van der Waals surface area contributed by atoms with Crippen LogP contribution in [0.15, 0.2) is 12.4 Å². The summed E-state index contributed by atoms with van der Waals surface area (Å²) >= 11 is 0. The van der Waals surface area contributed by atoms with Gasteiger partial charge in [0.15, 0.2) is 0 Å². The molecule has 0 bridgehead atoms. The third kappa shape index (κ3) is 2.35. The molecule has 1 rings (SSSR count). The van der Waals surface area contributed by atoms with Gasteiger partial charge >= 0.3 is 0 Å². The zero-order chi connectivity index (χ0) is 9.84. The lowest BCUT2D eigenvalue weighted by atomic mass is 10.1. The molecule has 0 spiro atoms. The van der Waals surface area contributed by atoms with E-state index in [0.29, 0.717) is 5.92 Å². The van der Waals surface area contributed by atoms with Crippen molar-refractivity contribution in [3.05, 3.63) is 23.5 Å². The molecular weight excluding hydrogens is 160 g/mol. The van der Waals surface area contributed by atoms with Crippen molar-refractivity contribution < 1.29 is 0 Å². The molecule has 0 amide bonds. The third-order valence-corrected chi connectivity index (χ3v) is 2.42. The molecule has 0 N–H and O–H groups in total. The molecule has 13 heavy (non-hydrogen) atoms. The van der Waals surface area contributed by atoms with Gasteiger partial charge in [0.1, 0.15) is 6.07 Å². The minimum atomic E-state index is 0.679. The number of rotatable bonds is 3. The van der Waals surface area contributed by atoms with Gasteiger partial charge in [-0.3, -0.25) is 0 Å². The number of hydrogen-bond donors (Lipinski definition) is 0. The van der Waals surface area contributed by atoms with Crippen LogP contribution < -0.4 is 0 Å². The summed E-state index contributed by atoms with van der Waals surface area (Å²) in [6.07, 6.45) is 5.16. The van der Waals surface area contributed by atoms with E-state index >= 15 is 0 Å². The van der Waals surface area contributed by atoms with Crippen molar-refractivity contribution in [2.45, 2.75) is 33.7 Å². The van der Waals surface area contributed by atoms with E-state index in [1.165, 1.54) is 6.42 Å². The predicted molar refractivity (Wildman–Crippen MR) is 53.3 cm³/mol. The maximum atomic E-state index is 8.76. The van der Waals surface area contributed by atoms with E-state index in [-0.39, 0.29) is 0 Å². The Morgan fingerprint density at radius 2 is 2.23 bits per heavy atom. The molecule has 0 aliphatic heterocycles. The van der Waals surface area contributed by atoms with Crippen molar-refractivity contribution >= 4 is 0 Å². The number of aryl methyl sites for hydroxylation is 1. The van der Waals surface area contributed by atoms with Crippen LogP contribution in [0.3, 0.4) is 0 Å². The molecule has 1 aromatic rings. The van der Waals surface area contributed by atoms with E-state index in [1.807, 2.05) is 19.3 Å². The first-order valence-corrected chi connectivity index (χ1v) is 4.73. The number of aromatic nitrogens is 1. The lowest BCUT2D eigenvalue weighted by molar-refractivity contribution is 0.469. The molecule has 2 heteroatoms. The van der Waals surface area contributed by atoms with Crippen LogP contribution >= 0.6 is 0 Å². The standard InChI is InChI=1S/C11H16N2/c1-4-9(2)6-13-7-10(3)11(5-12)8-13/h7-9H,4,6H2,1-3H3. The zero-order valence-electron chi connectivity index (χ0n) is 8.54. The van der Waals surface area contributed by atoms with E-state index in [9.17, 15) is 0 Å². The maximum absolute atomic E-state index is 8.76. The van der Waals surface area contributed by atoms with E-state index in [4.69, 9.17) is 5.26 Å². The highest BCUT2D eigenvalue weighted by Gasteiger charge is 2.04. The van der Waals surface area contributed by atoms with Gasteiger partial charge in [0.05, 0.1) is 5.56 Å². The van der Waals surface area contributed by atoms with Gasteiger partial charge in [0, 0.05) is 18.9 Å². The SMILES string of the molecule is CCC(C)Cn1cc(C)c(C#N)c1. The third-order valence-electron chi connectivity index (χ3n) is 2.42. The Labute approximate surface area is 79.8 Å². The van der Waals surface area contributed by atoms with Gasteiger partial charge in [0.2, 0.25) is 0 Å². The van der Waals surface area contributed by atoms with Crippen LogP contribution in [0.5, 0.6) is 0 Å². The first-order valence-electron chi connectivity index (χ1n) is 4.73. The highest BCUT2D eigenvalue weighted by Crippen LogP contribution is 2.11. The van der Waals surface area contributed by atoms with Crippen LogP contribution in [0.4, 0.5) is 0 Å². The Morgan fingerprint density at radius 1 is 1.54 bits per heavy atom. The van der Waals surface area contributed by atoms with Gasteiger partial charge in [-0.2, -0.15) is 5.26 Å². The van der Waals surface area contributed by atoms with Crippen LogP contribution in [0.2, 0.25) is 0 Å². The van der Waals surface area contributed by atoms with Gasteiger partial charge < -0.3 is 4.57 Å². The van der Waals surface area contributed by atoms with Crippen molar-refractivity contribution in [3.8, 4) is 6.07 Å². The molecule has 1 unspecified atom stereocenters. The molecule has 0 aliphatic rings. The molecule has 2 nitrogen and oxygen atoms in total. The minimum Gasteiger partial charge on any atom is -0.352 e. The van der Waals surface area contributed by atoms with Crippen LogP contribution in [0.1, 0.15) is 31.4 Å². The average molecular weight is 176 g/mol. The summed E-state index contributed by atoms with van der Waals surface area (Å²) in [5, 5.41) is 8.76. The lowest BCUT2D eigenvalue weighted by Crippen LogP contribution is -2.03. The number of nitriles is 1. The van der Waals surface area contributed by atoms with E-state index in [1.54, 1.807) is 0 Å².